The van der Waals surface area contributed by atoms with E-state index in [0.717, 1.165) is 25.2 Å². The lowest BCUT2D eigenvalue weighted by Gasteiger charge is -2.24. The Bertz CT molecular complexity index is 498. The van der Waals surface area contributed by atoms with E-state index in [1.54, 1.807) is 11.8 Å². The van der Waals surface area contributed by atoms with E-state index >= 15 is 0 Å². The van der Waals surface area contributed by atoms with Crippen LogP contribution in [0.25, 0.3) is 0 Å². The SMILES string of the molecule is CC(=O)N(CCC(=O)NCC1CCCNC1)Cc1ccccc1. The van der Waals surface area contributed by atoms with Crippen LogP contribution in [0.15, 0.2) is 30.3 Å². The number of hydrogen-bond acceptors (Lipinski definition) is 3. The lowest BCUT2D eigenvalue weighted by atomic mass is 10.00. The van der Waals surface area contributed by atoms with Crippen LogP contribution in [0.3, 0.4) is 0 Å². The summed E-state index contributed by atoms with van der Waals surface area (Å²) in [6.07, 6.45) is 2.70. The van der Waals surface area contributed by atoms with Gasteiger partial charge < -0.3 is 15.5 Å². The largest absolute Gasteiger partial charge is 0.356 e. The fourth-order valence-electron chi connectivity index (χ4n) is 2.83. The van der Waals surface area contributed by atoms with E-state index in [2.05, 4.69) is 10.6 Å². The second-order valence-corrected chi connectivity index (χ2v) is 6.19. The van der Waals surface area contributed by atoms with Crippen molar-refractivity contribution in [3.8, 4) is 0 Å². The number of hydrogen-bond donors (Lipinski definition) is 2. The van der Waals surface area contributed by atoms with Crippen molar-refractivity contribution in [2.24, 2.45) is 5.92 Å². The van der Waals surface area contributed by atoms with E-state index in [-0.39, 0.29) is 11.8 Å². The molecule has 1 atom stereocenters. The van der Waals surface area contributed by atoms with E-state index in [4.69, 9.17) is 0 Å². The molecule has 0 saturated carbocycles. The Labute approximate surface area is 138 Å². The monoisotopic (exact) mass is 317 g/mol. The molecule has 0 radical (unpaired) electrons. The molecule has 5 nitrogen and oxygen atoms in total. The van der Waals surface area contributed by atoms with Crippen molar-refractivity contribution >= 4 is 11.8 Å². The topological polar surface area (TPSA) is 61.4 Å². The Kier molecular flexibility index (Phi) is 7.07. The van der Waals surface area contributed by atoms with Crippen molar-refractivity contribution in [3.05, 3.63) is 35.9 Å². The van der Waals surface area contributed by atoms with Crippen LogP contribution in [0.2, 0.25) is 0 Å². The van der Waals surface area contributed by atoms with Gasteiger partial charge in [-0.2, -0.15) is 0 Å². The quantitative estimate of drug-likeness (QED) is 0.802. The molecule has 0 aliphatic carbocycles. The van der Waals surface area contributed by atoms with Gasteiger partial charge in [0.1, 0.15) is 0 Å². The minimum absolute atomic E-state index is 0.00173. The van der Waals surface area contributed by atoms with Crippen LogP contribution < -0.4 is 10.6 Å². The highest BCUT2D eigenvalue weighted by atomic mass is 16.2. The molecule has 0 aromatic heterocycles. The molecular formula is C18H27N3O2. The molecular weight excluding hydrogens is 290 g/mol. The molecule has 126 valence electrons. The molecule has 1 aromatic rings. The summed E-state index contributed by atoms with van der Waals surface area (Å²) in [7, 11) is 0. The van der Waals surface area contributed by atoms with Gasteiger partial charge in [-0.25, -0.2) is 0 Å². The molecule has 1 unspecified atom stereocenters. The average molecular weight is 317 g/mol. The van der Waals surface area contributed by atoms with Crippen molar-refractivity contribution in [3.63, 3.8) is 0 Å². The Morgan fingerprint density at radius 1 is 1.30 bits per heavy atom. The maximum absolute atomic E-state index is 12.0. The van der Waals surface area contributed by atoms with Gasteiger partial charge in [0.25, 0.3) is 0 Å². The molecule has 2 amide bonds. The number of carbonyl (C=O) groups is 2. The minimum atomic E-state index is -0.00173. The number of benzene rings is 1. The third-order valence-electron chi connectivity index (χ3n) is 4.26. The first-order chi connectivity index (χ1) is 11.1. The molecule has 1 aliphatic rings. The van der Waals surface area contributed by atoms with Gasteiger partial charge >= 0.3 is 0 Å². The Balaban J connectivity index is 1.72. The smallest absolute Gasteiger partial charge is 0.221 e. The normalized spacial score (nSPS) is 17.5. The molecule has 1 aromatic carbocycles. The molecule has 1 aliphatic heterocycles. The van der Waals surface area contributed by atoms with Crippen LogP contribution in [0, 0.1) is 5.92 Å². The van der Waals surface area contributed by atoms with Gasteiger partial charge in [-0.1, -0.05) is 30.3 Å². The van der Waals surface area contributed by atoms with E-state index in [1.165, 1.54) is 12.8 Å². The van der Waals surface area contributed by atoms with Crippen molar-refractivity contribution < 1.29 is 9.59 Å². The Hall–Kier alpha value is -1.88. The Morgan fingerprint density at radius 2 is 2.09 bits per heavy atom. The third kappa shape index (κ3) is 6.40. The first-order valence-electron chi connectivity index (χ1n) is 8.42. The standard InChI is InChI=1S/C18H27N3O2/c1-15(22)21(14-16-6-3-2-4-7-16)11-9-18(23)20-13-17-8-5-10-19-12-17/h2-4,6-7,17,19H,5,8-14H2,1H3,(H,20,23). The van der Waals surface area contributed by atoms with Crippen molar-refractivity contribution in [2.45, 2.75) is 32.7 Å². The van der Waals surface area contributed by atoms with Crippen LogP contribution in [-0.2, 0) is 16.1 Å². The van der Waals surface area contributed by atoms with Gasteiger partial charge in [0.15, 0.2) is 0 Å². The van der Waals surface area contributed by atoms with Gasteiger partial charge in [0, 0.05) is 33.0 Å². The zero-order chi connectivity index (χ0) is 16.5. The predicted octanol–water partition coefficient (Wildman–Crippen LogP) is 1.54. The van der Waals surface area contributed by atoms with Crippen LogP contribution in [-0.4, -0.2) is 42.9 Å². The maximum atomic E-state index is 12.0. The van der Waals surface area contributed by atoms with Crippen LogP contribution in [0.1, 0.15) is 31.7 Å². The maximum Gasteiger partial charge on any atom is 0.221 e. The second kappa shape index (κ2) is 9.30. The number of amides is 2. The van der Waals surface area contributed by atoms with Gasteiger partial charge in [-0.15, -0.1) is 0 Å². The fourth-order valence-corrected chi connectivity index (χ4v) is 2.83. The first-order valence-corrected chi connectivity index (χ1v) is 8.42. The summed E-state index contributed by atoms with van der Waals surface area (Å²) >= 11 is 0. The number of nitrogens with zero attached hydrogens (tertiary/aromatic N) is 1. The Morgan fingerprint density at radius 3 is 2.74 bits per heavy atom. The van der Waals surface area contributed by atoms with Gasteiger partial charge in [0.2, 0.25) is 11.8 Å². The lowest BCUT2D eigenvalue weighted by Crippen LogP contribution is -2.39. The van der Waals surface area contributed by atoms with Crippen LogP contribution in [0.5, 0.6) is 0 Å². The molecule has 23 heavy (non-hydrogen) atoms. The zero-order valence-electron chi connectivity index (χ0n) is 13.9. The highest BCUT2D eigenvalue weighted by molar-refractivity contribution is 5.78. The number of piperidine rings is 1. The van der Waals surface area contributed by atoms with Crippen molar-refractivity contribution in [2.75, 3.05) is 26.2 Å². The van der Waals surface area contributed by atoms with Gasteiger partial charge in [-0.3, -0.25) is 9.59 Å². The lowest BCUT2D eigenvalue weighted by molar-refractivity contribution is -0.130. The molecule has 2 rings (SSSR count). The molecule has 0 bridgehead atoms. The summed E-state index contributed by atoms with van der Waals surface area (Å²) in [6, 6.07) is 9.85. The second-order valence-electron chi connectivity index (χ2n) is 6.19. The molecule has 2 N–H and O–H groups in total. The molecule has 1 saturated heterocycles. The molecule has 1 fully saturated rings. The van der Waals surface area contributed by atoms with Crippen molar-refractivity contribution in [1.82, 2.24) is 15.5 Å². The molecule has 1 heterocycles. The van der Waals surface area contributed by atoms with Gasteiger partial charge in [-0.05, 0) is 37.4 Å². The zero-order valence-corrected chi connectivity index (χ0v) is 13.9. The third-order valence-corrected chi connectivity index (χ3v) is 4.26. The summed E-state index contributed by atoms with van der Waals surface area (Å²) in [4.78, 5) is 25.5. The van der Waals surface area contributed by atoms with E-state index in [0.29, 0.717) is 25.4 Å². The summed E-state index contributed by atoms with van der Waals surface area (Å²) in [6.45, 7) is 5.35. The van der Waals surface area contributed by atoms with Crippen LogP contribution >= 0.6 is 0 Å². The molecule has 5 heteroatoms. The minimum Gasteiger partial charge on any atom is -0.356 e. The van der Waals surface area contributed by atoms with E-state index < -0.39 is 0 Å². The number of nitrogens with one attached hydrogen (secondary N) is 2. The molecule has 0 spiro atoms. The average Bonchev–Trinajstić information content (AvgIpc) is 2.58. The summed E-state index contributed by atoms with van der Waals surface area (Å²) in [5.74, 6) is 0.550. The van der Waals surface area contributed by atoms with E-state index in [1.807, 2.05) is 30.3 Å². The first kappa shape index (κ1) is 17.5. The highest BCUT2D eigenvalue weighted by Gasteiger charge is 2.15. The van der Waals surface area contributed by atoms with E-state index in [9.17, 15) is 9.59 Å². The van der Waals surface area contributed by atoms with Crippen LogP contribution in [0.4, 0.5) is 0 Å². The van der Waals surface area contributed by atoms with Crippen molar-refractivity contribution in [1.29, 1.82) is 0 Å². The van der Waals surface area contributed by atoms with Gasteiger partial charge in [0.05, 0.1) is 0 Å². The number of carbonyl (C=O) groups excluding carboxylic acids is 2. The fraction of sp³-hybridized carbons (Fsp3) is 0.556. The summed E-state index contributed by atoms with van der Waals surface area (Å²) < 4.78 is 0. The summed E-state index contributed by atoms with van der Waals surface area (Å²) in [5.41, 5.74) is 1.08. The highest BCUT2D eigenvalue weighted by Crippen LogP contribution is 2.09. The summed E-state index contributed by atoms with van der Waals surface area (Å²) in [5, 5.41) is 6.34. The predicted molar refractivity (Wildman–Crippen MR) is 90.8 cm³/mol. The number of rotatable bonds is 7.